The van der Waals surface area contributed by atoms with Crippen LogP contribution in [0.25, 0.3) is 11.6 Å². The third kappa shape index (κ3) is 3.79. The Morgan fingerprint density at radius 1 is 1.43 bits per heavy atom. The molecule has 1 aliphatic rings. The van der Waals surface area contributed by atoms with E-state index < -0.39 is 5.97 Å². The van der Waals surface area contributed by atoms with Gasteiger partial charge in [-0.15, -0.1) is 0 Å². The number of furan rings is 1. The van der Waals surface area contributed by atoms with Crippen LogP contribution >= 0.6 is 0 Å². The van der Waals surface area contributed by atoms with E-state index in [-0.39, 0.29) is 29.6 Å². The summed E-state index contributed by atoms with van der Waals surface area (Å²) in [6, 6.07) is 3.65. The fourth-order valence-electron chi connectivity index (χ4n) is 2.64. The van der Waals surface area contributed by atoms with E-state index in [0.29, 0.717) is 23.6 Å². The van der Waals surface area contributed by atoms with Crippen molar-refractivity contribution in [2.24, 2.45) is 9.98 Å². The summed E-state index contributed by atoms with van der Waals surface area (Å²) in [4.78, 5) is 25.1. The minimum atomic E-state index is -0.714. The van der Waals surface area contributed by atoms with Gasteiger partial charge in [-0.3, -0.25) is 0 Å². The Bertz CT molecular complexity index is 975. The second-order valence-electron chi connectivity index (χ2n) is 5.74. The van der Waals surface area contributed by atoms with Crippen molar-refractivity contribution in [3.63, 3.8) is 0 Å². The maximum absolute atomic E-state index is 12.4. The van der Waals surface area contributed by atoms with Crippen molar-refractivity contribution in [2.45, 2.75) is 20.3 Å². The molecular formula is C19H21N5O4. The molecule has 146 valence electrons. The Hall–Kier alpha value is -3.46. The first kappa shape index (κ1) is 19.3. The number of aromatic hydroxyl groups is 1. The molecule has 0 spiro atoms. The van der Waals surface area contributed by atoms with Gasteiger partial charge >= 0.3 is 5.97 Å². The minimum absolute atomic E-state index is 0.0382. The molecule has 9 heteroatoms. The normalized spacial score (nSPS) is 14.4. The van der Waals surface area contributed by atoms with Crippen LogP contribution in [0.3, 0.4) is 0 Å². The summed E-state index contributed by atoms with van der Waals surface area (Å²) in [5.41, 5.74) is 6.99. The Morgan fingerprint density at radius 2 is 2.25 bits per heavy atom. The van der Waals surface area contributed by atoms with Crippen LogP contribution in [-0.2, 0) is 4.74 Å². The average Bonchev–Trinajstić information content (AvgIpc) is 3.23. The molecule has 0 saturated heterocycles. The summed E-state index contributed by atoms with van der Waals surface area (Å²) in [6.07, 6.45) is 5.40. The summed E-state index contributed by atoms with van der Waals surface area (Å²) in [5.74, 6) is 0.0984. The van der Waals surface area contributed by atoms with Crippen molar-refractivity contribution < 1.29 is 19.1 Å². The van der Waals surface area contributed by atoms with Gasteiger partial charge in [0.1, 0.15) is 5.84 Å². The number of nitrogens with zero attached hydrogens (tertiary/aromatic N) is 3. The number of esters is 1. The first-order valence-electron chi connectivity index (χ1n) is 8.83. The van der Waals surface area contributed by atoms with Gasteiger partial charge in [-0.1, -0.05) is 6.92 Å². The highest BCUT2D eigenvalue weighted by Crippen LogP contribution is 2.39. The highest BCUT2D eigenvalue weighted by molar-refractivity contribution is 6.21. The number of hydrogen-bond donors (Lipinski definition) is 3. The summed E-state index contributed by atoms with van der Waals surface area (Å²) in [7, 11) is 1.69. The lowest BCUT2D eigenvalue weighted by molar-refractivity contribution is 0.0524. The van der Waals surface area contributed by atoms with E-state index >= 15 is 0 Å². The van der Waals surface area contributed by atoms with Crippen molar-refractivity contribution in [2.75, 3.05) is 13.7 Å². The zero-order valence-corrected chi connectivity index (χ0v) is 15.8. The average molecular weight is 383 g/mol. The van der Waals surface area contributed by atoms with Crippen molar-refractivity contribution in [1.29, 1.82) is 0 Å². The molecule has 0 atom stereocenters. The van der Waals surface area contributed by atoms with Crippen LogP contribution < -0.4 is 10.9 Å². The van der Waals surface area contributed by atoms with Crippen molar-refractivity contribution in [3.8, 4) is 5.75 Å². The van der Waals surface area contributed by atoms with Crippen LogP contribution in [0.2, 0.25) is 0 Å². The topological polar surface area (TPSA) is 121 Å². The van der Waals surface area contributed by atoms with Crippen LogP contribution in [0.15, 0.2) is 32.7 Å². The predicted molar refractivity (Wildman–Crippen MR) is 106 cm³/mol. The van der Waals surface area contributed by atoms with E-state index in [1.54, 1.807) is 38.5 Å². The molecule has 0 aliphatic carbocycles. The number of amidine groups is 1. The van der Waals surface area contributed by atoms with Gasteiger partial charge < -0.3 is 19.7 Å². The third-order valence-electron chi connectivity index (χ3n) is 3.92. The smallest absolute Gasteiger partial charge is 0.347 e. The quantitative estimate of drug-likeness (QED) is 0.303. The largest absolute Gasteiger partial charge is 0.504 e. The van der Waals surface area contributed by atoms with Crippen LogP contribution in [0, 0.1) is 0 Å². The fourth-order valence-corrected chi connectivity index (χ4v) is 2.64. The minimum Gasteiger partial charge on any atom is -0.504 e. The van der Waals surface area contributed by atoms with E-state index in [2.05, 4.69) is 25.8 Å². The fraction of sp³-hybridized carbons (Fsp3) is 0.263. The highest BCUT2D eigenvalue weighted by atomic mass is 16.5. The number of hydrazine groups is 1. The van der Waals surface area contributed by atoms with Gasteiger partial charge in [0.25, 0.3) is 0 Å². The standard InChI is InChI=1S/C19H21N5O4/c1-4-14(24-20-3)23-18-15(19(26)27-5-2)16(25)13(28-18)9-11-10-22-17-12(11)7-6-8-21-17/h6-10,20,25H,4-5H2,1-3H3,(H,23,24). The Kier molecular flexibility index (Phi) is 5.85. The molecule has 0 unspecified atom stereocenters. The van der Waals surface area contributed by atoms with Crippen LogP contribution in [0.4, 0.5) is 11.7 Å². The molecule has 3 N–H and O–H groups in total. The molecule has 1 aliphatic heterocycles. The van der Waals surface area contributed by atoms with Crippen molar-refractivity contribution >= 4 is 41.4 Å². The van der Waals surface area contributed by atoms with Crippen molar-refractivity contribution in [3.05, 3.63) is 35.2 Å². The zero-order valence-electron chi connectivity index (χ0n) is 15.8. The van der Waals surface area contributed by atoms with Gasteiger partial charge in [0.15, 0.2) is 22.9 Å². The summed E-state index contributed by atoms with van der Waals surface area (Å²) < 4.78 is 10.7. The summed E-state index contributed by atoms with van der Waals surface area (Å²) in [6.45, 7) is 3.72. The van der Waals surface area contributed by atoms with Crippen LogP contribution in [0.1, 0.15) is 41.9 Å². The summed E-state index contributed by atoms with van der Waals surface area (Å²) >= 11 is 0. The Morgan fingerprint density at radius 3 is 2.96 bits per heavy atom. The lowest BCUT2D eigenvalue weighted by Crippen LogP contribution is -2.33. The number of pyridine rings is 1. The molecule has 28 heavy (non-hydrogen) atoms. The number of hydrogen-bond acceptors (Lipinski definition) is 8. The number of ether oxygens (including phenoxy) is 1. The monoisotopic (exact) mass is 383 g/mol. The molecule has 0 bridgehead atoms. The second-order valence-corrected chi connectivity index (χ2v) is 5.74. The van der Waals surface area contributed by atoms with Gasteiger partial charge in [0.05, 0.1) is 6.61 Å². The van der Waals surface area contributed by atoms with Gasteiger partial charge in [-0.05, 0) is 25.1 Å². The van der Waals surface area contributed by atoms with E-state index in [1.165, 1.54) is 0 Å². The van der Waals surface area contributed by atoms with E-state index in [4.69, 9.17) is 9.15 Å². The third-order valence-corrected chi connectivity index (χ3v) is 3.92. The Balaban J connectivity index is 2.08. The first-order chi connectivity index (χ1) is 13.6. The van der Waals surface area contributed by atoms with Gasteiger partial charge in [-0.2, -0.15) is 4.99 Å². The SMILES string of the molecule is CCOC(=O)c1c(N=C(CC)NNC)oc(C=C2C=Nc3ncccc32)c1O. The van der Waals surface area contributed by atoms with Gasteiger partial charge in [-0.25, -0.2) is 20.2 Å². The number of aromatic nitrogens is 1. The number of nitrogens with one attached hydrogen (secondary N) is 2. The zero-order chi connectivity index (χ0) is 20.1. The van der Waals surface area contributed by atoms with Crippen LogP contribution in [-0.4, -0.2) is 41.8 Å². The summed E-state index contributed by atoms with van der Waals surface area (Å²) in [5, 5.41) is 10.6. The molecule has 2 aromatic rings. The number of allylic oxidation sites excluding steroid dienone is 1. The number of carbonyl (C=O) groups excluding carboxylic acids is 1. The van der Waals surface area contributed by atoms with E-state index in [0.717, 1.165) is 5.56 Å². The maximum atomic E-state index is 12.4. The molecular weight excluding hydrogens is 362 g/mol. The number of carbonyl (C=O) groups is 1. The number of aliphatic imine (C=N–C) groups is 2. The highest BCUT2D eigenvalue weighted by Gasteiger charge is 2.27. The molecule has 0 saturated carbocycles. The molecule has 0 radical (unpaired) electrons. The molecule has 9 nitrogen and oxygen atoms in total. The maximum Gasteiger partial charge on any atom is 0.347 e. The van der Waals surface area contributed by atoms with Crippen molar-refractivity contribution in [1.82, 2.24) is 15.8 Å². The van der Waals surface area contributed by atoms with Gasteiger partial charge in [0, 0.05) is 37.0 Å². The lowest BCUT2D eigenvalue weighted by Gasteiger charge is -2.05. The molecule has 0 fully saturated rings. The van der Waals surface area contributed by atoms with Gasteiger partial charge in [0.2, 0.25) is 5.88 Å². The molecule has 3 rings (SSSR count). The first-order valence-corrected chi connectivity index (χ1v) is 8.83. The lowest BCUT2D eigenvalue weighted by atomic mass is 10.1. The number of fused-ring (bicyclic) bond motifs is 1. The molecule has 0 amide bonds. The molecule has 0 aromatic carbocycles. The Labute approximate surface area is 161 Å². The van der Waals surface area contributed by atoms with E-state index in [9.17, 15) is 9.90 Å². The molecule has 2 aromatic heterocycles. The second kappa shape index (κ2) is 8.49. The predicted octanol–water partition coefficient (Wildman–Crippen LogP) is 2.98. The van der Waals surface area contributed by atoms with Crippen LogP contribution in [0.5, 0.6) is 5.75 Å². The number of rotatable bonds is 6. The molecule has 3 heterocycles. The van der Waals surface area contributed by atoms with E-state index in [1.807, 2.05) is 13.0 Å².